The third-order valence-electron chi connectivity index (χ3n) is 4.24. The number of aromatic carboxylic acids is 1. The molecule has 0 radical (unpaired) electrons. The highest BCUT2D eigenvalue weighted by atomic mass is 32.1. The summed E-state index contributed by atoms with van der Waals surface area (Å²) in [5, 5.41) is 16.1. The number of aryl methyl sites for hydroxylation is 1. The van der Waals surface area contributed by atoms with Crippen molar-refractivity contribution < 1.29 is 9.90 Å². The lowest BCUT2D eigenvalue weighted by Gasteiger charge is -2.14. The zero-order valence-electron chi connectivity index (χ0n) is 12.2. The fraction of sp³-hybridized carbons (Fsp3) is 0.500. The molecule has 0 atom stereocenters. The van der Waals surface area contributed by atoms with Gasteiger partial charge in [0.2, 0.25) is 0 Å². The second kappa shape index (κ2) is 6.02. The minimum absolute atomic E-state index is 0.324. The van der Waals surface area contributed by atoms with E-state index in [1.54, 1.807) is 17.5 Å². The zero-order valence-corrected chi connectivity index (χ0v) is 13.0. The lowest BCUT2D eigenvalue weighted by Crippen LogP contribution is -2.08. The highest BCUT2D eigenvalue weighted by molar-refractivity contribution is 7.13. The molecule has 0 saturated heterocycles. The number of carboxylic acids is 1. The van der Waals surface area contributed by atoms with Crippen LogP contribution in [0.15, 0.2) is 17.6 Å². The molecule has 1 aliphatic rings. The van der Waals surface area contributed by atoms with Crippen LogP contribution in [0.3, 0.4) is 0 Å². The summed E-state index contributed by atoms with van der Waals surface area (Å²) in [4.78, 5) is 12.5. The molecule has 2 aromatic heterocycles. The van der Waals surface area contributed by atoms with Gasteiger partial charge in [-0.15, -0.1) is 11.3 Å². The first-order chi connectivity index (χ1) is 10.2. The van der Waals surface area contributed by atoms with Crippen molar-refractivity contribution in [2.45, 2.75) is 51.5 Å². The Kier molecular flexibility index (Phi) is 4.10. The van der Waals surface area contributed by atoms with Gasteiger partial charge in [0.05, 0.1) is 10.9 Å². The number of rotatable bonds is 3. The molecular weight excluding hydrogens is 284 g/mol. The Labute approximate surface area is 128 Å². The Morgan fingerprint density at radius 1 is 1.33 bits per heavy atom. The van der Waals surface area contributed by atoms with Crippen LogP contribution in [-0.2, 0) is 0 Å². The van der Waals surface area contributed by atoms with E-state index in [1.807, 2.05) is 23.1 Å². The molecule has 0 spiro atoms. The first-order valence-electron chi connectivity index (χ1n) is 7.53. The molecule has 0 unspecified atom stereocenters. The highest BCUT2D eigenvalue weighted by Gasteiger charge is 2.23. The van der Waals surface area contributed by atoms with E-state index in [1.165, 1.54) is 25.7 Å². The van der Waals surface area contributed by atoms with E-state index in [2.05, 4.69) is 5.10 Å². The van der Waals surface area contributed by atoms with Crippen LogP contribution in [0.4, 0.5) is 0 Å². The van der Waals surface area contributed by atoms with Gasteiger partial charge in [-0.3, -0.25) is 4.68 Å². The van der Waals surface area contributed by atoms with Gasteiger partial charge in [-0.1, -0.05) is 25.7 Å². The van der Waals surface area contributed by atoms with Gasteiger partial charge in [0.15, 0.2) is 0 Å². The molecule has 4 nitrogen and oxygen atoms in total. The molecule has 0 aromatic carbocycles. The Hall–Kier alpha value is -1.62. The lowest BCUT2D eigenvalue weighted by molar-refractivity contribution is 0.0697. The maximum atomic E-state index is 11.5. The predicted molar refractivity (Wildman–Crippen MR) is 84.0 cm³/mol. The zero-order chi connectivity index (χ0) is 14.8. The van der Waals surface area contributed by atoms with Crippen molar-refractivity contribution in [1.29, 1.82) is 0 Å². The van der Waals surface area contributed by atoms with Gasteiger partial charge in [0, 0.05) is 6.20 Å². The van der Waals surface area contributed by atoms with Gasteiger partial charge in [-0.05, 0) is 36.8 Å². The number of aromatic nitrogens is 2. The van der Waals surface area contributed by atoms with Crippen molar-refractivity contribution in [3.63, 3.8) is 0 Å². The van der Waals surface area contributed by atoms with E-state index in [4.69, 9.17) is 0 Å². The van der Waals surface area contributed by atoms with Crippen molar-refractivity contribution in [3.8, 4) is 10.6 Å². The number of thiophene rings is 1. The summed E-state index contributed by atoms with van der Waals surface area (Å²) >= 11 is 1.56. The summed E-state index contributed by atoms with van der Waals surface area (Å²) in [6.07, 6.45) is 8.90. The van der Waals surface area contributed by atoms with Crippen molar-refractivity contribution >= 4 is 17.3 Å². The Morgan fingerprint density at radius 3 is 2.62 bits per heavy atom. The summed E-state index contributed by atoms with van der Waals surface area (Å²) in [7, 11) is 0. The highest BCUT2D eigenvalue weighted by Crippen LogP contribution is 2.33. The molecule has 3 rings (SSSR count). The van der Waals surface area contributed by atoms with Gasteiger partial charge >= 0.3 is 5.97 Å². The van der Waals surface area contributed by atoms with Crippen molar-refractivity contribution in [2.75, 3.05) is 0 Å². The summed E-state index contributed by atoms with van der Waals surface area (Å²) in [5.41, 5.74) is 2.04. The first kappa shape index (κ1) is 14.3. The van der Waals surface area contributed by atoms with Crippen LogP contribution in [0.2, 0.25) is 0 Å². The second-order valence-electron chi connectivity index (χ2n) is 5.75. The summed E-state index contributed by atoms with van der Waals surface area (Å²) < 4.78 is 1.91. The van der Waals surface area contributed by atoms with Crippen molar-refractivity contribution in [2.24, 2.45) is 0 Å². The number of carboxylic acid groups (broad SMARTS) is 1. The molecule has 1 saturated carbocycles. The summed E-state index contributed by atoms with van der Waals surface area (Å²) in [5.74, 6) is -0.891. The minimum Gasteiger partial charge on any atom is -0.478 e. The van der Waals surface area contributed by atoms with Crippen LogP contribution in [0.25, 0.3) is 10.6 Å². The van der Waals surface area contributed by atoms with E-state index in [-0.39, 0.29) is 0 Å². The van der Waals surface area contributed by atoms with Crippen LogP contribution < -0.4 is 0 Å². The molecular formula is C16H20N2O2S. The quantitative estimate of drug-likeness (QED) is 0.849. The Balaban J connectivity index is 2.00. The molecule has 0 bridgehead atoms. The summed E-state index contributed by atoms with van der Waals surface area (Å²) in [6, 6.07) is 2.36. The number of hydrogen-bond donors (Lipinski definition) is 1. The van der Waals surface area contributed by atoms with Gasteiger partial charge in [-0.25, -0.2) is 4.79 Å². The topological polar surface area (TPSA) is 55.1 Å². The molecule has 0 aliphatic heterocycles. The average molecular weight is 304 g/mol. The third-order valence-corrected chi connectivity index (χ3v) is 5.26. The van der Waals surface area contributed by atoms with Crippen LogP contribution in [-0.4, -0.2) is 20.9 Å². The SMILES string of the molecule is Cc1ccsc1-c1nn(C2CCCCCC2)cc1C(=O)O. The fourth-order valence-electron chi connectivity index (χ4n) is 3.04. The molecule has 2 heterocycles. The van der Waals surface area contributed by atoms with Gasteiger partial charge in [0.25, 0.3) is 0 Å². The lowest BCUT2D eigenvalue weighted by atomic mass is 10.1. The van der Waals surface area contributed by atoms with Crippen LogP contribution in [0.1, 0.15) is 60.5 Å². The molecule has 112 valence electrons. The maximum Gasteiger partial charge on any atom is 0.339 e. The molecule has 21 heavy (non-hydrogen) atoms. The molecule has 1 N–H and O–H groups in total. The van der Waals surface area contributed by atoms with Crippen molar-refractivity contribution in [3.05, 3.63) is 28.8 Å². The third kappa shape index (κ3) is 2.88. The Bertz CT molecular complexity index is 636. The first-order valence-corrected chi connectivity index (χ1v) is 8.41. The van der Waals surface area contributed by atoms with E-state index in [9.17, 15) is 9.90 Å². The fourth-order valence-corrected chi connectivity index (χ4v) is 3.97. The van der Waals surface area contributed by atoms with E-state index < -0.39 is 5.97 Å². The summed E-state index contributed by atoms with van der Waals surface area (Å²) in [6.45, 7) is 2.00. The van der Waals surface area contributed by atoms with Crippen molar-refractivity contribution in [1.82, 2.24) is 9.78 Å². The standard InChI is InChI=1S/C16H20N2O2S/c1-11-8-9-21-15(11)14-13(16(19)20)10-18(17-14)12-6-4-2-3-5-7-12/h8-10,12H,2-7H2,1H3,(H,19,20). The van der Waals surface area contributed by atoms with Gasteiger partial charge in [0.1, 0.15) is 11.3 Å². The average Bonchev–Trinajstić information content (AvgIpc) is 2.97. The monoisotopic (exact) mass is 304 g/mol. The maximum absolute atomic E-state index is 11.5. The van der Waals surface area contributed by atoms with Crippen LogP contribution in [0.5, 0.6) is 0 Å². The van der Waals surface area contributed by atoms with Crippen LogP contribution >= 0.6 is 11.3 Å². The second-order valence-corrected chi connectivity index (χ2v) is 6.67. The Morgan fingerprint density at radius 2 is 2.05 bits per heavy atom. The van der Waals surface area contributed by atoms with Gasteiger partial charge < -0.3 is 5.11 Å². The number of hydrogen-bond acceptors (Lipinski definition) is 3. The smallest absolute Gasteiger partial charge is 0.339 e. The van der Waals surface area contributed by atoms with Crippen LogP contribution in [0, 0.1) is 6.92 Å². The molecule has 1 aliphatic carbocycles. The molecule has 0 amide bonds. The minimum atomic E-state index is -0.891. The molecule has 5 heteroatoms. The van der Waals surface area contributed by atoms with Gasteiger partial charge in [-0.2, -0.15) is 5.10 Å². The number of carbonyl (C=O) groups is 1. The predicted octanol–water partition coefficient (Wildman–Crippen LogP) is 4.51. The normalized spacial score (nSPS) is 16.8. The molecule has 1 fully saturated rings. The number of nitrogens with zero attached hydrogens (tertiary/aromatic N) is 2. The van der Waals surface area contributed by atoms with E-state index in [0.29, 0.717) is 17.3 Å². The van der Waals surface area contributed by atoms with E-state index >= 15 is 0 Å². The van der Waals surface area contributed by atoms with E-state index in [0.717, 1.165) is 23.3 Å². The molecule has 2 aromatic rings. The largest absolute Gasteiger partial charge is 0.478 e.